The van der Waals surface area contributed by atoms with Crippen LogP contribution in [-0.2, 0) is 4.84 Å². The Kier molecular flexibility index (Phi) is 5.22. The summed E-state index contributed by atoms with van der Waals surface area (Å²) in [6.07, 6.45) is 6.88. The lowest BCUT2D eigenvalue weighted by Gasteiger charge is -2.09. The third kappa shape index (κ3) is 3.87. The van der Waals surface area contributed by atoms with E-state index in [1.54, 1.807) is 18.4 Å². The Morgan fingerprint density at radius 2 is 2.57 bits per heavy atom. The van der Waals surface area contributed by atoms with Gasteiger partial charge in [-0.15, -0.1) is 6.58 Å². The molecule has 3 heteroatoms. The molecule has 76 valence electrons. The second kappa shape index (κ2) is 6.54. The molecule has 1 aromatic rings. The van der Waals surface area contributed by atoms with Crippen molar-refractivity contribution in [2.45, 2.75) is 12.5 Å². The van der Waals surface area contributed by atoms with Crippen LogP contribution in [0.15, 0.2) is 35.6 Å². The third-order valence-corrected chi connectivity index (χ3v) is 2.46. The molecule has 1 heterocycles. The van der Waals surface area contributed by atoms with Gasteiger partial charge in [0, 0.05) is 0 Å². The lowest BCUT2D eigenvalue weighted by Crippen LogP contribution is -2.25. The first-order valence-electron chi connectivity index (χ1n) is 4.46. The molecule has 2 nitrogen and oxygen atoms in total. The Morgan fingerprint density at radius 1 is 1.71 bits per heavy atom. The molecular formula is C11H15NOS. The van der Waals surface area contributed by atoms with Crippen LogP contribution in [0.5, 0.6) is 0 Å². The van der Waals surface area contributed by atoms with Crippen molar-refractivity contribution >= 4 is 17.4 Å². The molecule has 0 aliphatic heterocycles. The maximum atomic E-state index is 4.88. The maximum Gasteiger partial charge on any atom is 0.0572 e. The zero-order chi connectivity index (χ0) is 10.2. The molecule has 14 heavy (non-hydrogen) atoms. The highest BCUT2D eigenvalue weighted by atomic mass is 32.1. The molecular weight excluding hydrogens is 194 g/mol. The second-order valence-corrected chi connectivity index (χ2v) is 3.65. The lowest BCUT2D eigenvalue weighted by atomic mass is 10.2. The van der Waals surface area contributed by atoms with Crippen molar-refractivity contribution in [2.24, 2.45) is 0 Å². The van der Waals surface area contributed by atoms with E-state index in [0.717, 1.165) is 6.42 Å². The quantitative estimate of drug-likeness (QED) is 0.574. The van der Waals surface area contributed by atoms with Crippen molar-refractivity contribution in [3.63, 3.8) is 0 Å². The van der Waals surface area contributed by atoms with Crippen molar-refractivity contribution in [1.82, 2.24) is 5.48 Å². The predicted molar refractivity (Wildman–Crippen MR) is 62.1 cm³/mol. The summed E-state index contributed by atoms with van der Waals surface area (Å²) in [6.45, 7) is 3.70. The van der Waals surface area contributed by atoms with E-state index < -0.39 is 0 Å². The van der Waals surface area contributed by atoms with Gasteiger partial charge in [0.2, 0.25) is 0 Å². The molecule has 0 fully saturated rings. The molecule has 1 unspecified atom stereocenters. The first-order chi connectivity index (χ1) is 6.86. The average Bonchev–Trinajstić information content (AvgIpc) is 2.67. The number of nitrogens with one attached hydrogen (secondary N) is 1. The van der Waals surface area contributed by atoms with E-state index in [0.29, 0.717) is 0 Å². The summed E-state index contributed by atoms with van der Waals surface area (Å²) in [6, 6.07) is 2.27. The van der Waals surface area contributed by atoms with E-state index >= 15 is 0 Å². The van der Waals surface area contributed by atoms with Crippen LogP contribution < -0.4 is 5.48 Å². The zero-order valence-corrected chi connectivity index (χ0v) is 9.09. The van der Waals surface area contributed by atoms with Crippen molar-refractivity contribution in [1.29, 1.82) is 0 Å². The minimum Gasteiger partial charge on any atom is -0.305 e. The van der Waals surface area contributed by atoms with Gasteiger partial charge in [-0.2, -0.15) is 16.8 Å². The molecule has 0 saturated heterocycles. The van der Waals surface area contributed by atoms with E-state index in [4.69, 9.17) is 4.84 Å². The van der Waals surface area contributed by atoms with Gasteiger partial charge in [-0.05, 0) is 28.8 Å². The van der Waals surface area contributed by atoms with Crippen molar-refractivity contribution < 1.29 is 4.84 Å². The number of thiophene rings is 1. The first-order valence-corrected chi connectivity index (χ1v) is 5.41. The van der Waals surface area contributed by atoms with Gasteiger partial charge in [0.05, 0.1) is 13.2 Å². The van der Waals surface area contributed by atoms with Crippen LogP contribution in [0, 0.1) is 0 Å². The maximum absolute atomic E-state index is 4.88. The minimum absolute atomic E-state index is 0.192. The van der Waals surface area contributed by atoms with Crippen LogP contribution >= 0.6 is 11.3 Å². The van der Waals surface area contributed by atoms with E-state index in [9.17, 15) is 0 Å². The summed E-state index contributed by atoms with van der Waals surface area (Å²) in [5.74, 6) is 0. The highest BCUT2D eigenvalue weighted by molar-refractivity contribution is 7.08. The third-order valence-electron chi connectivity index (χ3n) is 1.75. The van der Waals surface area contributed by atoms with Crippen molar-refractivity contribution in [3.8, 4) is 0 Å². The molecule has 0 bridgehead atoms. The Labute approximate surface area is 88.9 Å². The van der Waals surface area contributed by atoms with Gasteiger partial charge in [-0.1, -0.05) is 18.2 Å². The van der Waals surface area contributed by atoms with Gasteiger partial charge in [0.15, 0.2) is 0 Å². The monoisotopic (exact) mass is 209 g/mol. The van der Waals surface area contributed by atoms with Gasteiger partial charge in [-0.25, -0.2) is 0 Å². The van der Waals surface area contributed by atoms with Crippen LogP contribution in [-0.4, -0.2) is 13.2 Å². The summed E-state index contributed by atoms with van der Waals surface area (Å²) in [4.78, 5) is 4.88. The fourth-order valence-electron chi connectivity index (χ4n) is 1.09. The molecule has 0 aliphatic carbocycles. The summed E-state index contributed by atoms with van der Waals surface area (Å²) in [5.41, 5.74) is 4.12. The molecule has 1 aromatic heterocycles. The van der Waals surface area contributed by atoms with Crippen LogP contribution in [0.3, 0.4) is 0 Å². The van der Waals surface area contributed by atoms with Gasteiger partial charge in [0.1, 0.15) is 0 Å². The largest absolute Gasteiger partial charge is 0.305 e. The molecule has 1 N–H and O–H groups in total. The highest BCUT2D eigenvalue weighted by Gasteiger charge is 1.99. The lowest BCUT2D eigenvalue weighted by molar-refractivity contribution is 0.0746. The molecule has 0 amide bonds. The van der Waals surface area contributed by atoms with E-state index in [2.05, 4.69) is 41.0 Å². The Bertz CT molecular complexity index is 279. The normalized spacial score (nSPS) is 13.2. The number of hydroxylamine groups is 1. The molecule has 1 rings (SSSR count). The fraction of sp³-hybridized carbons (Fsp3) is 0.273. The van der Waals surface area contributed by atoms with E-state index in [-0.39, 0.29) is 6.04 Å². The standard InChI is InChI=1S/C11H15NOS/c1-3-4-11(12-13-2)6-5-10-7-8-14-9-10/h3,5-9,11-12H,1,4H2,2H3/b6-5+. The average molecular weight is 209 g/mol. The van der Waals surface area contributed by atoms with Crippen LogP contribution in [0.2, 0.25) is 0 Å². The fourth-order valence-corrected chi connectivity index (χ4v) is 1.72. The van der Waals surface area contributed by atoms with Crippen LogP contribution in [0.4, 0.5) is 0 Å². The molecule has 0 spiro atoms. The second-order valence-electron chi connectivity index (χ2n) is 2.87. The highest BCUT2D eigenvalue weighted by Crippen LogP contribution is 2.08. The Hall–Kier alpha value is -0.900. The van der Waals surface area contributed by atoms with E-state index in [1.165, 1.54) is 5.56 Å². The van der Waals surface area contributed by atoms with Crippen molar-refractivity contribution in [2.75, 3.05) is 7.11 Å². The molecule has 0 saturated carbocycles. The SMILES string of the molecule is C=CCC(/C=C/c1ccsc1)NOC. The summed E-state index contributed by atoms with van der Waals surface area (Å²) < 4.78 is 0. The predicted octanol–water partition coefficient (Wildman–Crippen LogP) is 2.86. The zero-order valence-electron chi connectivity index (χ0n) is 8.27. The molecule has 1 atom stereocenters. The molecule has 0 radical (unpaired) electrons. The van der Waals surface area contributed by atoms with Crippen LogP contribution in [0.25, 0.3) is 6.08 Å². The Balaban J connectivity index is 2.49. The van der Waals surface area contributed by atoms with Gasteiger partial charge < -0.3 is 4.84 Å². The van der Waals surface area contributed by atoms with Gasteiger partial charge >= 0.3 is 0 Å². The van der Waals surface area contributed by atoms with Gasteiger partial charge in [0.25, 0.3) is 0 Å². The minimum atomic E-state index is 0.192. The van der Waals surface area contributed by atoms with E-state index in [1.807, 2.05) is 6.08 Å². The smallest absolute Gasteiger partial charge is 0.0572 e. The number of rotatable bonds is 6. The number of hydrogen-bond donors (Lipinski definition) is 1. The molecule has 0 aliphatic rings. The van der Waals surface area contributed by atoms with Gasteiger partial charge in [-0.3, -0.25) is 0 Å². The molecule has 0 aromatic carbocycles. The summed E-state index contributed by atoms with van der Waals surface area (Å²) >= 11 is 1.69. The first kappa shape index (κ1) is 11.2. The topological polar surface area (TPSA) is 21.3 Å². The Morgan fingerprint density at radius 3 is 3.14 bits per heavy atom. The number of hydrogen-bond acceptors (Lipinski definition) is 3. The van der Waals surface area contributed by atoms with Crippen LogP contribution in [0.1, 0.15) is 12.0 Å². The summed E-state index contributed by atoms with van der Waals surface area (Å²) in [7, 11) is 1.62. The summed E-state index contributed by atoms with van der Waals surface area (Å²) in [5, 5.41) is 4.17. The van der Waals surface area contributed by atoms with Crippen molar-refractivity contribution in [3.05, 3.63) is 41.1 Å².